The van der Waals surface area contributed by atoms with Gasteiger partial charge in [0.25, 0.3) is 5.91 Å². The summed E-state index contributed by atoms with van der Waals surface area (Å²) in [6.45, 7) is 0. The average Bonchev–Trinajstić information content (AvgIpc) is 2.75. The Morgan fingerprint density at radius 2 is 1.76 bits per heavy atom. The van der Waals surface area contributed by atoms with Crippen molar-refractivity contribution >= 4 is 22.5 Å². The molecule has 0 saturated carbocycles. The highest BCUT2D eigenvalue weighted by atomic mass is 19.1. The van der Waals surface area contributed by atoms with Crippen molar-refractivity contribution in [2.45, 2.75) is 0 Å². The number of hydrogen-bond donors (Lipinski definition) is 1. The second-order valence-electron chi connectivity index (χ2n) is 6.25. The second-order valence-corrected chi connectivity index (χ2v) is 6.25. The van der Waals surface area contributed by atoms with Gasteiger partial charge < -0.3 is 10.1 Å². The molecule has 4 rings (SSSR count). The maximum absolute atomic E-state index is 13.9. The molecular formula is C22H16FN3O3. The molecule has 7 heteroatoms. The number of hydrogen-bond acceptors (Lipinski definition) is 4. The quantitative estimate of drug-likeness (QED) is 0.576. The summed E-state index contributed by atoms with van der Waals surface area (Å²) >= 11 is 0. The molecule has 0 radical (unpaired) electrons. The van der Waals surface area contributed by atoms with Crippen LogP contribution in [0.3, 0.4) is 0 Å². The molecule has 0 atom stereocenters. The molecule has 0 aliphatic rings. The number of carbonyl (C=O) groups is 1. The van der Waals surface area contributed by atoms with E-state index in [1.165, 1.54) is 19.2 Å². The molecular weight excluding hydrogens is 373 g/mol. The molecule has 0 unspecified atom stereocenters. The van der Waals surface area contributed by atoms with E-state index in [1.54, 1.807) is 28.9 Å². The van der Waals surface area contributed by atoms with Crippen LogP contribution in [0.4, 0.5) is 10.1 Å². The van der Waals surface area contributed by atoms with Gasteiger partial charge in [0.1, 0.15) is 0 Å². The van der Waals surface area contributed by atoms with Crippen molar-refractivity contribution in [3.63, 3.8) is 0 Å². The van der Waals surface area contributed by atoms with Gasteiger partial charge >= 0.3 is 0 Å². The number of carbonyl (C=O) groups excluding carboxylic acids is 1. The summed E-state index contributed by atoms with van der Waals surface area (Å²) in [6, 6.07) is 20.1. The lowest BCUT2D eigenvalue weighted by Gasteiger charge is -2.12. The SMILES string of the molecule is COc1ccc(NC(=O)c2nn(-c3ccccc3)c3ccccc3c2=O)cc1F. The van der Waals surface area contributed by atoms with Crippen molar-refractivity contribution in [2.75, 3.05) is 12.4 Å². The third-order valence-electron chi connectivity index (χ3n) is 4.42. The van der Waals surface area contributed by atoms with Crippen molar-refractivity contribution in [3.8, 4) is 11.4 Å². The van der Waals surface area contributed by atoms with Gasteiger partial charge in [-0.15, -0.1) is 0 Å². The molecule has 1 amide bonds. The topological polar surface area (TPSA) is 73.2 Å². The molecule has 3 aromatic carbocycles. The van der Waals surface area contributed by atoms with E-state index < -0.39 is 17.2 Å². The van der Waals surface area contributed by atoms with Crippen molar-refractivity contribution < 1.29 is 13.9 Å². The summed E-state index contributed by atoms with van der Waals surface area (Å²) < 4.78 is 20.3. The minimum absolute atomic E-state index is 0.0539. The van der Waals surface area contributed by atoms with Crippen LogP contribution >= 0.6 is 0 Å². The van der Waals surface area contributed by atoms with Gasteiger partial charge in [-0.1, -0.05) is 30.3 Å². The van der Waals surface area contributed by atoms with Crippen molar-refractivity contribution in [1.82, 2.24) is 9.78 Å². The number of nitrogens with zero attached hydrogens (tertiary/aromatic N) is 2. The number of halogens is 1. The molecule has 144 valence electrons. The first-order chi connectivity index (χ1) is 14.1. The third kappa shape index (κ3) is 3.45. The molecule has 0 spiro atoms. The number of aromatic nitrogens is 2. The fourth-order valence-corrected chi connectivity index (χ4v) is 3.03. The van der Waals surface area contributed by atoms with Crippen molar-refractivity contribution in [1.29, 1.82) is 0 Å². The zero-order chi connectivity index (χ0) is 20.4. The Balaban J connectivity index is 1.81. The van der Waals surface area contributed by atoms with Gasteiger partial charge in [-0.3, -0.25) is 9.59 Å². The second kappa shape index (κ2) is 7.55. The summed E-state index contributed by atoms with van der Waals surface area (Å²) in [5.41, 5.74) is 0.681. The fourth-order valence-electron chi connectivity index (χ4n) is 3.03. The number of ether oxygens (including phenoxy) is 1. The number of benzene rings is 3. The van der Waals surface area contributed by atoms with E-state index in [4.69, 9.17) is 4.74 Å². The number of nitrogens with one attached hydrogen (secondary N) is 1. The minimum Gasteiger partial charge on any atom is -0.494 e. The number of rotatable bonds is 4. The highest BCUT2D eigenvalue weighted by molar-refractivity contribution is 6.04. The van der Waals surface area contributed by atoms with Crippen molar-refractivity contribution in [3.05, 3.63) is 94.5 Å². The Kier molecular flexibility index (Phi) is 4.78. The zero-order valence-corrected chi connectivity index (χ0v) is 15.4. The van der Waals surface area contributed by atoms with Crippen LogP contribution in [0.5, 0.6) is 5.75 Å². The molecule has 6 nitrogen and oxygen atoms in total. The molecule has 0 bridgehead atoms. The van der Waals surface area contributed by atoms with E-state index in [-0.39, 0.29) is 17.1 Å². The lowest BCUT2D eigenvalue weighted by atomic mass is 10.2. The number of para-hydroxylation sites is 2. The van der Waals surface area contributed by atoms with E-state index in [0.717, 1.165) is 6.07 Å². The molecule has 1 heterocycles. The van der Waals surface area contributed by atoms with Gasteiger partial charge in [-0.05, 0) is 36.4 Å². The van der Waals surface area contributed by atoms with E-state index in [2.05, 4.69) is 10.4 Å². The van der Waals surface area contributed by atoms with E-state index in [9.17, 15) is 14.0 Å². The minimum atomic E-state index is -0.727. The summed E-state index contributed by atoms with van der Waals surface area (Å²) in [6.07, 6.45) is 0. The number of anilines is 1. The Labute approximate surface area is 165 Å². The van der Waals surface area contributed by atoms with Crippen LogP contribution in [0.15, 0.2) is 77.6 Å². The molecule has 0 aliphatic carbocycles. The predicted octanol–water partition coefficient (Wildman–Crippen LogP) is 3.79. The van der Waals surface area contributed by atoms with E-state index in [0.29, 0.717) is 16.6 Å². The molecule has 1 N–H and O–H groups in total. The summed E-state index contributed by atoms with van der Waals surface area (Å²) in [5, 5.41) is 7.18. The standard InChI is InChI=1S/C22H16FN3O3/c1-29-19-12-11-14(13-17(19)23)24-22(28)20-21(27)16-9-5-6-10-18(16)26(25-20)15-7-3-2-4-8-15/h2-13H,1H3,(H,24,28). The molecule has 0 aliphatic heterocycles. The zero-order valence-electron chi connectivity index (χ0n) is 15.4. The van der Waals surface area contributed by atoms with Crippen LogP contribution < -0.4 is 15.5 Å². The van der Waals surface area contributed by atoms with E-state index in [1.807, 2.05) is 30.3 Å². The number of fused-ring (bicyclic) bond motifs is 1. The Morgan fingerprint density at radius 1 is 1.03 bits per heavy atom. The number of amides is 1. The van der Waals surface area contributed by atoms with Gasteiger partial charge in [0.05, 0.1) is 23.7 Å². The van der Waals surface area contributed by atoms with Crippen LogP contribution in [-0.2, 0) is 0 Å². The van der Waals surface area contributed by atoms with Crippen LogP contribution in [-0.4, -0.2) is 22.8 Å². The fraction of sp³-hybridized carbons (Fsp3) is 0.0455. The molecule has 29 heavy (non-hydrogen) atoms. The van der Waals surface area contributed by atoms with E-state index >= 15 is 0 Å². The van der Waals surface area contributed by atoms with Crippen molar-refractivity contribution in [2.24, 2.45) is 0 Å². The van der Waals surface area contributed by atoms with Gasteiger partial charge in [0, 0.05) is 11.8 Å². The van der Waals surface area contributed by atoms with Crippen LogP contribution in [0, 0.1) is 5.82 Å². The Bertz CT molecular complexity index is 1270. The first-order valence-corrected chi connectivity index (χ1v) is 8.81. The first kappa shape index (κ1) is 18.4. The van der Waals surface area contributed by atoms with Gasteiger partial charge in [-0.25, -0.2) is 9.07 Å². The first-order valence-electron chi connectivity index (χ1n) is 8.81. The molecule has 0 saturated heterocycles. The van der Waals surface area contributed by atoms with Gasteiger partial charge in [0.15, 0.2) is 17.3 Å². The Hall–Kier alpha value is -4.00. The third-order valence-corrected chi connectivity index (χ3v) is 4.42. The highest BCUT2D eigenvalue weighted by Gasteiger charge is 2.18. The summed E-state index contributed by atoms with van der Waals surface area (Å²) in [7, 11) is 1.35. The molecule has 1 aromatic heterocycles. The molecule has 4 aromatic rings. The lowest BCUT2D eigenvalue weighted by molar-refractivity contribution is 0.102. The predicted molar refractivity (Wildman–Crippen MR) is 108 cm³/mol. The summed E-state index contributed by atoms with van der Waals surface area (Å²) in [5.74, 6) is -1.30. The maximum atomic E-state index is 13.9. The molecule has 0 fully saturated rings. The highest BCUT2D eigenvalue weighted by Crippen LogP contribution is 2.21. The van der Waals surface area contributed by atoms with Crippen LogP contribution in [0.25, 0.3) is 16.6 Å². The van der Waals surface area contributed by atoms with Gasteiger partial charge in [0.2, 0.25) is 5.43 Å². The summed E-state index contributed by atoms with van der Waals surface area (Å²) in [4.78, 5) is 25.7. The lowest BCUT2D eigenvalue weighted by Crippen LogP contribution is -2.26. The number of methoxy groups -OCH3 is 1. The monoisotopic (exact) mass is 389 g/mol. The maximum Gasteiger partial charge on any atom is 0.280 e. The normalized spacial score (nSPS) is 10.7. The van der Waals surface area contributed by atoms with Crippen LogP contribution in [0.2, 0.25) is 0 Å². The smallest absolute Gasteiger partial charge is 0.280 e. The van der Waals surface area contributed by atoms with Gasteiger partial charge in [-0.2, -0.15) is 5.10 Å². The Morgan fingerprint density at radius 3 is 2.48 bits per heavy atom. The largest absolute Gasteiger partial charge is 0.494 e. The average molecular weight is 389 g/mol. The van der Waals surface area contributed by atoms with Crippen LogP contribution in [0.1, 0.15) is 10.5 Å².